The normalized spacial score (nSPS) is 14.3. The molecular weight excluding hydrogens is 528 g/mol. The Bertz CT molecular complexity index is 1860. The minimum atomic E-state index is -4.23. The highest BCUT2D eigenvalue weighted by atomic mass is 32.2. The van der Waals surface area contributed by atoms with E-state index in [0.717, 1.165) is 53.8 Å². The summed E-state index contributed by atoms with van der Waals surface area (Å²) in [5.74, 6) is -0.694. The number of aromatic carboxylic acids is 1. The van der Waals surface area contributed by atoms with Gasteiger partial charge in [-0.2, -0.15) is 8.42 Å². The van der Waals surface area contributed by atoms with Crippen molar-refractivity contribution in [3.63, 3.8) is 0 Å². The fourth-order valence-electron chi connectivity index (χ4n) is 5.78. The van der Waals surface area contributed by atoms with Crippen LogP contribution < -0.4 is 4.18 Å². The van der Waals surface area contributed by atoms with Crippen LogP contribution in [0.3, 0.4) is 0 Å². The third-order valence-corrected chi connectivity index (χ3v) is 10.2. The van der Waals surface area contributed by atoms with E-state index >= 15 is 0 Å². The number of hydrogen-bond donors (Lipinski definition) is 1. The zero-order valence-electron chi connectivity index (χ0n) is 21.7. The van der Waals surface area contributed by atoms with Crippen LogP contribution in [0.2, 0.25) is 0 Å². The molecule has 1 saturated carbocycles. The zero-order chi connectivity index (χ0) is 27.3. The summed E-state index contributed by atoms with van der Waals surface area (Å²) in [6.45, 7) is 4.32. The van der Waals surface area contributed by atoms with Gasteiger partial charge in [-0.05, 0) is 102 Å². The number of fused-ring (bicyclic) bond motifs is 2. The smallest absolute Gasteiger partial charge is 0.339 e. The van der Waals surface area contributed by atoms with Gasteiger partial charge in [-0.1, -0.05) is 49.2 Å². The van der Waals surface area contributed by atoms with Crippen molar-refractivity contribution in [3.8, 4) is 16.9 Å². The van der Waals surface area contributed by atoms with Crippen LogP contribution in [0.25, 0.3) is 32.0 Å². The van der Waals surface area contributed by atoms with E-state index in [1.165, 1.54) is 44.1 Å². The largest absolute Gasteiger partial charge is 0.478 e. The molecular formula is C32H28O5S2. The SMILES string of the molecule is Cc1sc2cc3ccccc3c(-c3ccc(OS(=O)(=O)c4cccc(C(=O)O)c4)c(C4CCCC4)c3)c2c1C. The second kappa shape index (κ2) is 9.81. The number of aryl methyl sites for hydroxylation is 2. The minimum absolute atomic E-state index is 0.104. The fraction of sp³-hybridized carbons (Fsp3) is 0.219. The highest BCUT2D eigenvalue weighted by molar-refractivity contribution is 7.87. The number of carboxylic acids is 1. The van der Waals surface area contributed by atoms with Crippen LogP contribution >= 0.6 is 11.3 Å². The predicted molar refractivity (Wildman–Crippen MR) is 157 cm³/mol. The van der Waals surface area contributed by atoms with E-state index in [4.69, 9.17) is 4.18 Å². The number of hydrogen-bond acceptors (Lipinski definition) is 5. The molecule has 1 aliphatic rings. The van der Waals surface area contributed by atoms with Crippen molar-refractivity contribution in [3.05, 3.63) is 94.4 Å². The third-order valence-electron chi connectivity index (χ3n) is 7.84. The topological polar surface area (TPSA) is 80.7 Å². The first kappa shape index (κ1) is 25.6. The standard InChI is InChI=1S/C32H28O5S2/c1-19-20(2)38-29-18-22-10-5-6-13-26(22)31(30(19)29)23-14-15-28(27(17-23)21-8-3-4-9-21)37-39(35,36)25-12-7-11-24(16-25)32(33)34/h5-7,10-18,21H,3-4,8-9H2,1-2H3,(H,33,34). The van der Waals surface area contributed by atoms with Crippen LogP contribution in [0.15, 0.2) is 77.7 Å². The van der Waals surface area contributed by atoms with Crippen LogP contribution in [0.5, 0.6) is 5.75 Å². The van der Waals surface area contributed by atoms with Gasteiger partial charge in [0.1, 0.15) is 10.6 Å². The Kier molecular flexibility index (Phi) is 6.44. The molecule has 0 bridgehead atoms. The Morgan fingerprint density at radius 1 is 0.949 bits per heavy atom. The first-order chi connectivity index (χ1) is 18.7. The van der Waals surface area contributed by atoms with Gasteiger partial charge in [0.05, 0.1) is 5.56 Å². The molecule has 0 radical (unpaired) electrons. The lowest BCUT2D eigenvalue weighted by Crippen LogP contribution is -2.12. The van der Waals surface area contributed by atoms with Gasteiger partial charge >= 0.3 is 16.1 Å². The molecule has 0 saturated heterocycles. The molecule has 6 rings (SSSR count). The van der Waals surface area contributed by atoms with Crippen molar-refractivity contribution in [1.82, 2.24) is 0 Å². The highest BCUT2D eigenvalue weighted by Gasteiger charge is 2.26. The monoisotopic (exact) mass is 556 g/mol. The minimum Gasteiger partial charge on any atom is -0.478 e. The summed E-state index contributed by atoms with van der Waals surface area (Å²) >= 11 is 1.80. The second-order valence-corrected chi connectivity index (χ2v) is 13.0. The molecule has 0 amide bonds. The summed E-state index contributed by atoms with van der Waals surface area (Å²) in [7, 11) is -4.23. The summed E-state index contributed by atoms with van der Waals surface area (Å²) in [6, 6.07) is 21.7. The van der Waals surface area contributed by atoms with Crippen LogP contribution in [0, 0.1) is 13.8 Å². The summed E-state index contributed by atoms with van der Waals surface area (Å²) in [5, 5.41) is 12.9. The Morgan fingerprint density at radius 3 is 2.49 bits per heavy atom. The molecule has 1 fully saturated rings. The lowest BCUT2D eigenvalue weighted by molar-refractivity contribution is 0.0696. The summed E-state index contributed by atoms with van der Waals surface area (Å²) < 4.78 is 33.5. The molecule has 5 aromatic rings. The molecule has 39 heavy (non-hydrogen) atoms. The number of carboxylic acid groups (broad SMARTS) is 1. The molecule has 0 unspecified atom stereocenters. The third kappa shape index (κ3) is 4.60. The lowest BCUT2D eigenvalue weighted by Gasteiger charge is -2.19. The van der Waals surface area contributed by atoms with Crippen LogP contribution in [-0.2, 0) is 10.1 Å². The molecule has 7 heteroatoms. The van der Waals surface area contributed by atoms with Gasteiger partial charge in [0.2, 0.25) is 0 Å². The van der Waals surface area contributed by atoms with E-state index in [1.54, 1.807) is 17.4 Å². The van der Waals surface area contributed by atoms with Gasteiger partial charge in [0, 0.05) is 15.0 Å². The number of thiophene rings is 1. The quantitative estimate of drug-likeness (QED) is 0.212. The maximum Gasteiger partial charge on any atom is 0.339 e. The Hall–Kier alpha value is -3.68. The summed E-state index contributed by atoms with van der Waals surface area (Å²) in [5.41, 5.74) is 4.24. The lowest BCUT2D eigenvalue weighted by atomic mass is 9.89. The molecule has 0 spiro atoms. The Labute approximate surface area is 231 Å². The van der Waals surface area contributed by atoms with Crippen LogP contribution in [0.4, 0.5) is 0 Å². The molecule has 198 valence electrons. The van der Waals surface area contributed by atoms with Gasteiger partial charge in [-0.3, -0.25) is 0 Å². The molecule has 0 aliphatic heterocycles. The van der Waals surface area contributed by atoms with E-state index in [-0.39, 0.29) is 16.4 Å². The summed E-state index contributed by atoms with van der Waals surface area (Å²) in [4.78, 5) is 12.5. The van der Waals surface area contributed by atoms with Gasteiger partial charge in [-0.15, -0.1) is 11.3 Å². The molecule has 1 aliphatic carbocycles. The maximum atomic E-state index is 13.3. The molecule has 4 aromatic carbocycles. The highest BCUT2D eigenvalue weighted by Crippen LogP contribution is 2.46. The Balaban J connectivity index is 1.52. The van der Waals surface area contributed by atoms with E-state index < -0.39 is 16.1 Å². The zero-order valence-corrected chi connectivity index (χ0v) is 23.4. The average molecular weight is 557 g/mol. The van der Waals surface area contributed by atoms with E-state index in [2.05, 4.69) is 50.2 Å². The average Bonchev–Trinajstić information content (AvgIpc) is 3.56. The van der Waals surface area contributed by atoms with Crippen LogP contribution in [0.1, 0.15) is 58.0 Å². The second-order valence-electron chi connectivity index (χ2n) is 10.2. The summed E-state index contributed by atoms with van der Waals surface area (Å²) in [6.07, 6.45) is 4.11. The van der Waals surface area contributed by atoms with E-state index in [0.29, 0.717) is 5.75 Å². The number of carbonyl (C=O) groups is 1. The predicted octanol–water partition coefficient (Wildman–Crippen LogP) is 8.46. The fourth-order valence-corrected chi connectivity index (χ4v) is 7.91. The van der Waals surface area contributed by atoms with Crippen molar-refractivity contribution < 1.29 is 22.5 Å². The first-order valence-electron chi connectivity index (χ1n) is 13.1. The van der Waals surface area contributed by atoms with E-state index in [1.807, 2.05) is 6.07 Å². The molecule has 5 nitrogen and oxygen atoms in total. The van der Waals surface area contributed by atoms with Gasteiger partial charge in [0.15, 0.2) is 0 Å². The molecule has 1 aromatic heterocycles. The van der Waals surface area contributed by atoms with Crippen molar-refractivity contribution in [1.29, 1.82) is 0 Å². The van der Waals surface area contributed by atoms with Gasteiger partial charge < -0.3 is 9.29 Å². The molecule has 0 atom stereocenters. The van der Waals surface area contributed by atoms with Crippen LogP contribution in [-0.4, -0.2) is 19.5 Å². The van der Waals surface area contributed by atoms with E-state index in [9.17, 15) is 18.3 Å². The Morgan fingerprint density at radius 2 is 1.72 bits per heavy atom. The van der Waals surface area contributed by atoms with Crippen molar-refractivity contribution >= 4 is 48.3 Å². The van der Waals surface area contributed by atoms with Crippen molar-refractivity contribution in [2.24, 2.45) is 0 Å². The molecule has 1 heterocycles. The van der Waals surface area contributed by atoms with Gasteiger partial charge in [0.25, 0.3) is 0 Å². The maximum absolute atomic E-state index is 13.3. The van der Waals surface area contributed by atoms with Crippen molar-refractivity contribution in [2.45, 2.75) is 50.3 Å². The first-order valence-corrected chi connectivity index (χ1v) is 15.3. The van der Waals surface area contributed by atoms with Gasteiger partial charge in [-0.25, -0.2) is 4.79 Å². The number of rotatable bonds is 6. The number of benzene rings is 4. The molecule has 1 N–H and O–H groups in total. The van der Waals surface area contributed by atoms with Crippen molar-refractivity contribution in [2.75, 3.05) is 0 Å².